The minimum atomic E-state index is -3.50. The van der Waals surface area contributed by atoms with E-state index >= 15 is 0 Å². The molecule has 1 aromatic heterocycles. The monoisotopic (exact) mass is 422 g/mol. The van der Waals surface area contributed by atoms with Crippen LogP contribution in [0.15, 0.2) is 35.9 Å². The SMILES string of the molecule is C=CCNC(=O)CN1CCN(c2ccc(S(=O)(=O)N3CCN(C)CC3)cn2)CC1. The Morgan fingerprint density at radius 2 is 1.83 bits per heavy atom. The van der Waals surface area contributed by atoms with Crippen LogP contribution in [0.4, 0.5) is 5.82 Å². The number of piperazine rings is 2. The fourth-order valence-electron chi connectivity index (χ4n) is 3.47. The molecule has 0 spiro atoms. The molecule has 1 aromatic rings. The summed E-state index contributed by atoms with van der Waals surface area (Å²) < 4.78 is 27.1. The lowest BCUT2D eigenvalue weighted by Gasteiger charge is -2.35. The zero-order valence-electron chi connectivity index (χ0n) is 17.0. The van der Waals surface area contributed by atoms with Gasteiger partial charge in [0, 0.05) is 65.1 Å². The first kappa shape index (κ1) is 21.7. The van der Waals surface area contributed by atoms with Crippen molar-refractivity contribution in [3.8, 4) is 0 Å². The number of hydrogen-bond acceptors (Lipinski definition) is 7. The second-order valence-corrected chi connectivity index (χ2v) is 9.35. The molecule has 0 saturated carbocycles. The van der Waals surface area contributed by atoms with E-state index in [-0.39, 0.29) is 10.8 Å². The molecule has 2 aliphatic rings. The number of carbonyl (C=O) groups is 1. The van der Waals surface area contributed by atoms with Crippen molar-refractivity contribution in [3.05, 3.63) is 31.0 Å². The van der Waals surface area contributed by atoms with Gasteiger partial charge in [0.25, 0.3) is 0 Å². The highest BCUT2D eigenvalue weighted by molar-refractivity contribution is 7.89. The van der Waals surface area contributed by atoms with Crippen molar-refractivity contribution in [1.29, 1.82) is 0 Å². The molecular formula is C19H30N6O3S. The number of pyridine rings is 1. The third-order valence-electron chi connectivity index (χ3n) is 5.33. The van der Waals surface area contributed by atoms with E-state index in [1.165, 1.54) is 10.5 Å². The van der Waals surface area contributed by atoms with Crippen LogP contribution in [0, 0.1) is 0 Å². The molecule has 0 aromatic carbocycles. The molecule has 0 bridgehead atoms. The van der Waals surface area contributed by atoms with Gasteiger partial charge in [-0.05, 0) is 19.2 Å². The summed E-state index contributed by atoms with van der Waals surface area (Å²) in [6.07, 6.45) is 3.12. The maximum Gasteiger partial charge on any atom is 0.244 e. The van der Waals surface area contributed by atoms with Crippen LogP contribution in [0.5, 0.6) is 0 Å². The van der Waals surface area contributed by atoms with E-state index in [1.807, 2.05) is 7.05 Å². The Hall–Kier alpha value is -2.01. The highest BCUT2D eigenvalue weighted by atomic mass is 32.2. The van der Waals surface area contributed by atoms with Gasteiger partial charge in [-0.2, -0.15) is 4.31 Å². The third kappa shape index (κ3) is 5.53. The molecule has 0 atom stereocenters. The first-order valence-electron chi connectivity index (χ1n) is 9.90. The summed E-state index contributed by atoms with van der Waals surface area (Å²) in [5.41, 5.74) is 0. The Bertz CT molecular complexity index is 798. The summed E-state index contributed by atoms with van der Waals surface area (Å²) in [6.45, 7) is 9.91. The zero-order chi connectivity index (χ0) is 20.9. The zero-order valence-corrected chi connectivity index (χ0v) is 17.8. The first-order valence-corrected chi connectivity index (χ1v) is 11.3. The number of anilines is 1. The molecule has 9 nitrogen and oxygen atoms in total. The topological polar surface area (TPSA) is 89.1 Å². The molecule has 2 saturated heterocycles. The molecule has 0 aliphatic carbocycles. The molecule has 3 rings (SSSR count). The molecule has 3 heterocycles. The maximum absolute atomic E-state index is 12.8. The summed E-state index contributed by atoms with van der Waals surface area (Å²) >= 11 is 0. The van der Waals surface area contributed by atoms with Gasteiger partial charge < -0.3 is 15.1 Å². The highest BCUT2D eigenvalue weighted by Crippen LogP contribution is 2.20. The third-order valence-corrected chi connectivity index (χ3v) is 7.21. The van der Waals surface area contributed by atoms with Crippen LogP contribution >= 0.6 is 0 Å². The largest absolute Gasteiger partial charge is 0.354 e. The van der Waals surface area contributed by atoms with Crippen LogP contribution in [0.3, 0.4) is 0 Å². The van der Waals surface area contributed by atoms with E-state index in [4.69, 9.17) is 0 Å². The second-order valence-electron chi connectivity index (χ2n) is 7.42. The number of rotatable bonds is 7. The Kier molecular flexibility index (Phi) is 7.23. The van der Waals surface area contributed by atoms with Gasteiger partial charge in [-0.15, -0.1) is 6.58 Å². The summed E-state index contributed by atoms with van der Waals surface area (Å²) in [7, 11) is -1.50. The van der Waals surface area contributed by atoms with E-state index in [2.05, 4.69) is 31.6 Å². The van der Waals surface area contributed by atoms with Crippen molar-refractivity contribution in [1.82, 2.24) is 24.4 Å². The van der Waals surface area contributed by atoms with Crippen LogP contribution in [-0.4, -0.2) is 106 Å². The van der Waals surface area contributed by atoms with E-state index in [1.54, 1.807) is 18.2 Å². The standard InChI is InChI=1S/C19H30N6O3S/c1-3-6-20-19(26)16-23-9-11-24(12-10-23)18-5-4-17(15-21-18)29(27,28)25-13-7-22(2)8-14-25/h3-5,15H,1,6-14,16H2,2H3,(H,20,26). The van der Waals surface area contributed by atoms with Gasteiger partial charge >= 0.3 is 0 Å². The van der Waals surface area contributed by atoms with Gasteiger partial charge in [0.15, 0.2) is 0 Å². The number of carbonyl (C=O) groups excluding carboxylic acids is 1. The van der Waals surface area contributed by atoms with Crippen molar-refractivity contribution >= 4 is 21.7 Å². The molecule has 2 fully saturated rings. The van der Waals surface area contributed by atoms with Gasteiger partial charge in [0.1, 0.15) is 10.7 Å². The summed E-state index contributed by atoms with van der Waals surface area (Å²) in [4.78, 5) is 22.8. The first-order chi connectivity index (χ1) is 13.9. The van der Waals surface area contributed by atoms with Crippen LogP contribution in [0.1, 0.15) is 0 Å². The fourth-order valence-corrected chi connectivity index (χ4v) is 4.84. The molecular weight excluding hydrogens is 392 g/mol. The Morgan fingerprint density at radius 3 is 2.41 bits per heavy atom. The van der Waals surface area contributed by atoms with Gasteiger partial charge in [-0.3, -0.25) is 9.69 Å². The molecule has 0 unspecified atom stereocenters. The molecule has 29 heavy (non-hydrogen) atoms. The smallest absolute Gasteiger partial charge is 0.244 e. The molecule has 1 amide bonds. The van der Waals surface area contributed by atoms with Crippen molar-refractivity contribution in [3.63, 3.8) is 0 Å². The van der Waals surface area contributed by atoms with Gasteiger partial charge in [0.05, 0.1) is 6.54 Å². The molecule has 160 valence electrons. The number of nitrogens with zero attached hydrogens (tertiary/aromatic N) is 5. The Morgan fingerprint density at radius 1 is 1.14 bits per heavy atom. The molecule has 0 radical (unpaired) electrons. The van der Waals surface area contributed by atoms with E-state index < -0.39 is 10.0 Å². The number of nitrogens with one attached hydrogen (secondary N) is 1. The van der Waals surface area contributed by atoms with Crippen LogP contribution in [0.25, 0.3) is 0 Å². The van der Waals surface area contributed by atoms with Gasteiger partial charge in [0.2, 0.25) is 15.9 Å². The normalized spacial score (nSPS) is 19.8. The van der Waals surface area contributed by atoms with Crippen molar-refractivity contribution in [2.45, 2.75) is 4.90 Å². The minimum Gasteiger partial charge on any atom is -0.354 e. The van der Waals surface area contributed by atoms with Crippen LogP contribution in [-0.2, 0) is 14.8 Å². The van der Waals surface area contributed by atoms with Crippen molar-refractivity contribution in [2.24, 2.45) is 0 Å². The predicted octanol–water partition coefficient (Wildman–Crippen LogP) is -0.558. The predicted molar refractivity (Wildman–Crippen MR) is 112 cm³/mol. The molecule has 1 N–H and O–H groups in total. The van der Waals surface area contributed by atoms with E-state index in [0.717, 1.165) is 45.1 Å². The molecule has 10 heteroatoms. The summed E-state index contributed by atoms with van der Waals surface area (Å²) in [5, 5.41) is 2.78. The van der Waals surface area contributed by atoms with Gasteiger partial charge in [-0.25, -0.2) is 13.4 Å². The average molecular weight is 423 g/mol. The highest BCUT2D eigenvalue weighted by Gasteiger charge is 2.28. The lowest BCUT2D eigenvalue weighted by Crippen LogP contribution is -2.49. The number of sulfonamides is 1. The quantitative estimate of drug-likeness (QED) is 0.590. The van der Waals surface area contributed by atoms with Crippen LogP contribution < -0.4 is 10.2 Å². The number of aromatic nitrogens is 1. The lowest BCUT2D eigenvalue weighted by molar-refractivity contribution is -0.122. The summed E-state index contributed by atoms with van der Waals surface area (Å²) in [6, 6.07) is 3.42. The fraction of sp³-hybridized carbons (Fsp3) is 0.579. The number of hydrogen-bond donors (Lipinski definition) is 1. The Labute approximate surface area is 173 Å². The second kappa shape index (κ2) is 9.66. The lowest BCUT2D eigenvalue weighted by atomic mass is 10.3. The van der Waals surface area contributed by atoms with Crippen molar-refractivity contribution in [2.75, 3.05) is 77.4 Å². The van der Waals surface area contributed by atoms with Crippen LogP contribution in [0.2, 0.25) is 0 Å². The Balaban J connectivity index is 1.54. The average Bonchev–Trinajstić information content (AvgIpc) is 2.73. The summed E-state index contributed by atoms with van der Waals surface area (Å²) in [5.74, 6) is 0.757. The van der Waals surface area contributed by atoms with E-state index in [9.17, 15) is 13.2 Å². The van der Waals surface area contributed by atoms with Crippen molar-refractivity contribution < 1.29 is 13.2 Å². The number of amides is 1. The van der Waals surface area contributed by atoms with Gasteiger partial charge in [-0.1, -0.05) is 6.08 Å². The number of likely N-dealkylation sites (N-methyl/N-ethyl adjacent to an activating group) is 1. The maximum atomic E-state index is 12.8. The molecule has 2 aliphatic heterocycles. The van der Waals surface area contributed by atoms with E-state index in [0.29, 0.717) is 26.2 Å². The minimum absolute atomic E-state index is 0.00468.